The lowest BCUT2D eigenvalue weighted by atomic mass is 10.1. The number of carbonyl (C=O) groups is 1. The number of hydrogen-bond donors (Lipinski definition) is 1. The molecule has 0 spiro atoms. The highest BCUT2D eigenvalue weighted by atomic mass is 32.2. The largest absolute Gasteiger partial charge is 0.353 e. The number of aryl methyl sites for hydroxylation is 2. The fourth-order valence-electron chi connectivity index (χ4n) is 2.94. The summed E-state index contributed by atoms with van der Waals surface area (Å²) >= 11 is 1.41. The minimum Gasteiger partial charge on any atom is -0.353 e. The summed E-state index contributed by atoms with van der Waals surface area (Å²) in [5.74, 6) is 1.15. The van der Waals surface area contributed by atoms with E-state index in [4.69, 9.17) is 0 Å². The van der Waals surface area contributed by atoms with Crippen LogP contribution >= 0.6 is 11.8 Å². The van der Waals surface area contributed by atoms with Crippen molar-refractivity contribution in [1.29, 1.82) is 0 Å². The van der Waals surface area contributed by atoms with Crippen molar-refractivity contribution in [2.24, 2.45) is 7.05 Å². The van der Waals surface area contributed by atoms with Gasteiger partial charge in [0.25, 0.3) is 0 Å². The van der Waals surface area contributed by atoms with Crippen LogP contribution in [0.4, 0.5) is 0 Å². The highest BCUT2D eigenvalue weighted by Gasteiger charge is 2.14. The average Bonchev–Trinajstić information content (AvgIpc) is 3.07. The van der Waals surface area contributed by atoms with E-state index in [1.807, 2.05) is 48.9 Å². The molecular formula is C22H26N4OS. The first-order valence-electron chi connectivity index (χ1n) is 9.45. The van der Waals surface area contributed by atoms with Gasteiger partial charge in [-0.3, -0.25) is 4.79 Å². The number of nitrogens with one attached hydrogen (secondary N) is 1. The van der Waals surface area contributed by atoms with E-state index in [0.29, 0.717) is 5.75 Å². The zero-order chi connectivity index (χ0) is 19.9. The van der Waals surface area contributed by atoms with Crippen LogP contribution < -0.4 is 5.32 Å². The number of hydrogen-bond acceptors (Lipinski definition) is 4. The number of rotatable bonds is 8. The number of aromatic nitrogens is 3. The Morgan fingerprint density at radius 3 is 2.54 bits per heavy atom. The zero-order valence-corrected chi connectivity index (χ0v) is 17.4. The fraction of sp³-hybridized carbons (Fsp3) is 0.318. The van der Waals surface area contributed by atoms with E-state index in [0.717, 1.165) is 29.4 Å². The molecule has 3 rings (SSSR count). The second kappa shape index (κ2) is 9.55. The van der Waals surface area contributed by atoms with Gasteiger partial charge in [0, 0.05) is 18.7 Å². The summed E-state index contributed by atoms with van der Waals surface area (Å²) in [7, 11) is 1.93. The van der Waals surface area contributed by atoms with Crippen LogP contribution in [-0.2, 0) is 18.3 Å². The third kappa shape index (κ3) is 5.45. The molecule has 0 saturated carbocycles. The topological polar surface area (TPSA) is 59.8 Å². The van der Waals surface area contributed by atoms with Gasteiger partial charge >= 0.3 is 0 Å². The first-order valence-corrected chi connectivity index (χ1v) is 10.4. The number of amides is 1. The van der Waals surface area contributed by atoms with Crippen molar-refractivity contribution in [3.63, 3.8) is 0 Å². The Balaban J connectivity index is 1.48. The molecule has 0 saturated heterocycles. The molecule has 0 radical (unpaired) electrons. The Labute approximate surface area is 170 Å². The highest BCUT2D eigenvalue weighted by Crippen LogP contribution is 2.22. The predicted molar refractivity (Wildman–Crippen MR) is 114 cm³/mol. The van der Waals surface area contributed by atoms with Crippen molar-refractivity contribution in [1.82, 2.24) is 20.1 Å². The fourth-order valence-corrected chi connectivity index (χ4v) is 3.66. The molecule has 0 fully saturated rings. The lowest BCUT2D eigenvalue weighted by Gasteiger charge is -2.13. The Hall–Kier alpha value is -2.60. The second-order valence-corrected chi connectivity index (χ2v) is 7.96. The van der Waals surface area contributed by atoms with Crippen LogP contribution in [-0.4, -0.2) is 32.5 Å². The summed E-state index contributed by atoms with van der Waals surface area (Å²) in [6.07, 6.45) is 1.88. The van der Waals surface area contributed by atoms with E-state index in [9.17, 15) is 4.79 Å². The molecule has 1 atom stereocenters. The molecule has 1 amide bonds. The molecule has 1 heterocycles. The Kier molecular flexibility index (Phi) is 6.87. The maximum absolute atomic E-state index is 12.3. The molecule has 0 aliphatic carbocycles. The van der Waals surface area contributed by atoms with Gasteiger partial charge in [0.1, 0.15) is 0 Å². The summed E-state index contributed by atoms with van der Waals surface area (Å²) in [6.45, 7) is 4.10. The number of thioether (sulfide) groups is 1. The number of nitrogens with zero attached hydrogens (tertiary/aromatic N) is 3. The standard InChI is InChI=1S/C22H26N4OS/c1-16-9-13-19(14-10-16)21-24-25-22(26(21)3)28-15-20(27)23-17(2)11-12-18-7-5-4-6-8-18/h4-10,13-14,17H,11-12,15H2,1-3H3,(H,23,27). The Morgan fingerprint density at radius 1 is 1.11 bits per heavy atom. The molecular weight excluding hydrogens is 368 g/mol. The van der Waals surface area contributed by atoms with E-state index >= 15 is 0 Å². The van der Waals surface area contributed by atoms with E-state index in [1.54, 1.807) is 0 Å². The van der Waals surface area contributed by atoms with Gasteiger partial charge < -0.3 is 9.88 Å². The van der Waals surface area contributed by atoms with Gasteiger partial charge in [-0.25, -0.2) is 0 Å². The highest BCUT2D eigenvalue weighted by molar-refractivity contribution is 7.99. The van der Waals surface area contributed by atoms with E-state index in [-0.39, 0.29) is 11.9 Å². The molecule has 1 N–H and O–H groups in total. The molecule has 0 bridgehead atoms. The van der Waals surface area contributed by atoms with Crippen molar-refractivity contribution in [2.75, 3.05) is 5.75 Å². The summed E-state index contributed by atoms with van der Waals surface area (Å²) in [5.41, 5.74) is 3.52. The van der Waals surface area contributed by atoms with Crippen LogP contribution in [0.15, 0.2) is 59.8 Å². The molecule has 0 aliphatic heterocycles. The van der Waals surface area contributed by atoms with Gasteiger partial charge in [0.2, 0.25) is 5.91 Å². The van der Waals surface area contributed by atoms with Crippen LogP contribution in [0.2, 0.25) is 0 Å². The van der Waals surface area contributed by atoms with Gasteiger partial charge in [-0.05, 0) is 32.3 Å². The van der Waals surface area contributed by atoms with Crippen molar-refractivity contribution < 1.29 is 4.79 Å². The van der Waals surface area contributed by atoms with E-state index in [2.05, 4.69) is 46.7 Å². The maximum atomic E-state index is 12.3. The van der Waals surface area contributed by atoms with Crippen LogP contribution in [0.5, 0.6) is 0 Å². The smallest absolute Gasteiger partial charge is 0.230 e. The lowest BCUT2D eigenvalue weighted by Crippen LogP contribution is -2.34. The van der Waals surface area contributed by atoms with Gasteiger partial charge in [-0.15, -0.1) is 10.2 Å². The van der Waals surface area contributed by atoms with Gasteiger partial charge in [-0.2, -0.15) is 0 Å². The van der Waals surface area contributed by atoms with E-state index < -0.39 is 0 Å². The van der Waals surface area contributed by atoms with Crippen molar-refractivity contribution in [3.05, 3.63) is 65.7 Å². The summed E-state index contributed by atoms with van der Waals surface area (Å²) < 4.78 is 1.93. The molecule has 5 nitrogen and oxygen atoms in total. The molecule has 2 aromatic carbocycles. The molecule has 6 heteroatoms. The van der Waals surface area contributed by atoms with Crippen molar-refractivity contribution >= 4 is 17.7 Å². The third-order valence-corrected chi connectivity index (χ3v) is 5.61. The molecule has 28 heavy (non-hydrogen) atoms. The quantitative estimate of drug-likeness (QED) is 0.586. The third-order valence-electron chi connectivity index (χ3n) is 4.59. The molecule has 1 unspecified atom stereocenters. The summed E-state index contributed by atoms with van der Waals surface area (Å²) in [4.78, 5) is 12.3. The monoisotopic (exact) mass is 394 g/mol. The lowest BCUT2D eigenvalue weighted by molar-refractivity contribution is -0.119. The van der Waals surface area contributed by atoms with Gasteiger partial charge in [-0.1, -0.05) is 71.9 Å². The first-order chi connectivity index (χ1) is 13.5. The Morgan fingerprint density at radius 2 is 1.82 bits per heavy atom. The molecule has 0 aliphatic rings. The second-order valence-electron chi connectivity index (χ2n) is 7.01. The van der Waals surface area contributed by atoms with Crippen LogP contribution in [0.3, 0.4) is 0 Å². The van der Waals surface area contributed by atoms with Gasteiger partial charge in [0.05, 0.1) is 5.75 Å². The maximum Gasteiger partial charge on any atom is 0.230 e. The number of benzene rings is 2. The predicted octanol–water partition coefficient (Wildman–Crippen LogP) is 4.02. The van der Waals surface area contributed by atoms with Crippen molar-refractivity contribution in [3.8, 4) is 11.4 Å². The zero-order valence-electron chi connectivity index (χ0n) is 16.6. The van der Waals surface area contributed by atoms with Crippen LogP contribution in [0, 0.1) is 6.92 Å². The van der Waals surface area contributed by atoms with Crippen LogP contribution in [0.1, 0.15) is 24.5 Å². The Bertz CT molecular complexity index is 906. The van der Waals surface area contributed by atoms with Gasteiger partial charge in [0.15, 0.2) is 11.0 Å². The first kappa shape index (κ1) is 20.1. The van der Waals surface area contributed by atoms with Crippen molar-refractivity contribution in [2.45, 2.75) is 37.9 Å². The number of carbonyl (C=O) groups excluding carboxylic acids is 1. The average molecular weight is 395 g/mol. The molecule has 1 aromatic heterocycles. The SMILES string of the molecule is Cc1ccc(-c2nnc(SCC(=O)NC(C)CCc3ccccc3)n2C)cc1. The van der Waals surface area contributed by atoms with Crippen LogP contribution in [0.25, 0.3) is 11.4 Å². The summed E-state index contributed by atoms with van der Waals surface area (Å²) in [5, 5.41) is 12.3. The summed E-state index contributed by atoms with van der Waals surface area (Å²) in [6, 6.07) is 18.7. The minimum absolute atomic E-state index is 0.0189. The molecule has 146 valence electrons. The molecule has 3 aromatic rings. The van der Waals surface area contributed by atoms with E-state index in [1.165, 1.54) is 22.9 Å². The normalized spacial score (nSPS) is 12.0. The minimum atomic E-state index is 0.0189.